The van der Waals surface area contributed by atoms with Crippen LogP contribution in [0.3, 0.4) is 0 Å². The molecule has 10 heteroatoms. The summed E-state index contributed by atoms with van der Waals surface area (Å²) < 4.78 is 40.6. The molecule has 3 aromatic rings. The van der Waals surface area contributed by atoms with Gasteiger partial charge in [0.05, 0.1) is 4.90 Å². The molecule has 1 amide bonds. The summed E-state index contributed by atoms with van der Waals surface area (Å²) in [7, 11) is -3.74. The van der Waals surface area contributed by atoms with Crippen molar-refractivity contribution in [2.24, 2.45) is 0 Å². The number of hydrogen-bond donors (Lipinski definition) is 0. The molecule has 5 rings (SSSR count). The molecule has 2 aliphatic heterocycles. The highest BCUT2D eigenvalue weighted by molar-refractivity contribution is 7.89. The van der Waals surface area contributed by atoms with E-state index in [4.69, 9.17) is 9.26 Å². The highest BCUT2D eigenvalue weighted by Gasteiger charge is 2.37. The maximum atomic E-state index is 13.9. The molecule has 1 fully saturated rings. The molecule has 38 heavy (non-hydrogen) atoms. The number of fused-ring (bicyclic) bond motifs is 1. The second kappa shape index (κ2) is 9.50. The van der Waals surface area contributed by atoms with Crippen LogP contribution in [0.4, 0.5) is 0 Å². The Morgan fingerprint density at radius 1 is 0.947 bits per heavy atom. The molecule has 0 radical (unpaired) electrons. The van der Waals surface area contributed by atoms with Crippen LogP contribution in [0.5, 0.6) is 5.75 Å². The van der Waals surface area contributed by atoms with Gasteiger partial charge in [-0.2, -0.15) is 9.29 Å². The van der Waals surface area contributed by atoms with Gasteiger partial charge < -0.3 is 14.2 Å². The van der Waals surface area contributed by atoms with E-state index in [0.29, 0.717) is 35.3 Å². The van der Waals surface area contributed by atoms with E-state index in [1.807, 2.05) is 20.8 Å². The van der Waals surface area contributed by atoms with Crippen molar-refractivity contribution < 1.29 is 22.5 Å². The van der Waals surface area contributed by atoms with Gasteiger partial charge in [0.15, 0.2) is 0 Å². The van der Waals surface area contributed by atoms with Crippen molar-refractivity contribution in [1.29, 1.82) is 0 Å². The Kier molecular flexibility index (Phi) is 6.59. The highest BCUT2D eigenvalue weighted by atomic mass is 32.2. The van der Waals surface area contributed by atoms with Gasteiger partial charge in [0.25, 0.3) is 5.91 Å². The van der Waals surface area contributed by atoms with Crippen molar-refractivity contribution >= 4 is 15.9 Å². The van der Waals surface area contributed by atoms with Gasteiger partial charge in [-0.05, 0) is 81.8 Å². The van der Waals surface area contributed by atoms with Crippen LogP contribution in [0.2, 0.25) is 0 Å². The first-order chi connectivity index (χ1) is 17.9. The molecule has 3 heterocycles. The molecule has 9 nitrogen and oxygen atoms in total. The van der Waals surface area contributed by atoms with Crippen LogP contribution < -0.4 is 4.74 Å². The summed E-state index contributed by atoms with van der Waals surface area (Å²) in [6.45, 7) is 12.7. The van der Waals surface area contributed by atoms with Crippen molar-refractivity contribution in [1.82, 2.24) is 19.3 Å². The van der Waals surface area contributed by atoms with E-state index < -0.39 is 10.0 Å². The lowest BCUT2D eigenvalue weighted by atomic mass is 9.88. The summed E-state index contributed by atoms with van der Waals surface area (Å²) >= 11 is 0. The number of carbonyl (C=O) groups excluding carboxylic acids is 1. The average molecular weight is 539 g/mol. The van der Waals surface area contributed by atoms with Crippen molar-refractivity contribution in [2.45, 2.75) is 64.9 Å². The van der Waals surface area contributed by atoms with Crippen molar-refractivity contribution in [2.75, 3.05) is 26.2 Å². The van der Waals surface area contributed by atoms with Crippen LogP contribution in [-0.2, 0) is 16.4 Å². The Bertz CT molecular complexity index is 1500. The highest BCUT2D eigenvalue weighted by Crippen LogP contribution is 2.42. The van der Waals surface area contributed by atoms with Gasteiger partial charge in [0.1, 0.15) is 11.4 Å². The predicted molar refractivity (Wildman–Crippen MR) is 143 cm³/mol. The fourth-order valence-electron chi connectivity index (χ4n) is 5.36. The molecule has 2 aliphatic rings. The molecule has 0 N–H and O–H groups in total. The molecule has 0 atom stereocenters. The maximum Gasteiger partial charge on any atom is 0.253 e. The van der Waals surface area contributed by atoms with Crippen LogP contribution in [0.1, 0.15) is 58.8 Å². The number of sulfonamides is 1. The Morgan fingerprint density at radius 2 is 1.61 bits per heavy atom. The number of aromatic nitrogens is 2. The summed E-state index contributed by atoms with van der Waals surface area (Å²) in [4.78, 5) is 19.4. The van der Waals surface area contributed by atoms with Crippen LogP contribution in [0.25, 0.3) is 11.4 Å². The number of ether oxygens (including phenoxy) is 1. The van der Waals surface area contributed by atoms with Crippen molar-refractivity contribution in [3.05, 3.63) is 58.0 Å². The summed E-state index contributed by atoms with van der Waals surface area (Å²) in [6.07, 6.45) is 1.62. The van der Waals surface area contributed by atoms with Gasteiger partial charge in [0.2, 0.25) is 21.7 Å². The Morgan fingerprint density at radius 3 is 2.21 bits per heavy atom. The Balaban J connectivity index is 1.32. The Hall–Kier alpha value is -3.24. The largest absolute Gasteiger partial charge is 0.487 e. The predicted octanol–water partition coefficient (Wildman–Crippen LogP) is 4.22. The van der Waals surface area contributed by atoms with E-state index >= 15 is 0 Å². The lowest BCUT2D eigenvalue weighted by Crippen LogP contribution is -2.50. The smallest absolute Gasteiger partial charge is 0.253 e. The fraction of sp³-hybridized carbons (Fsp3) is 0.464. The molecule has 0 saturated carbocycles. The lowest BCUT2D eigenvalue weighted by Gasteiger charge is -2.37. The standard InChI is InChI=1S/C28H34N4O5S/c1-17-18(2)25(19(3)23-11-12-28(5,6)36-24(17)23)38(34,35)32-15-13-31(14-16-32)27(33)22-9-7-21(8-10-22)26-29-20(4)37-30-26/h7-10H,11-16H2,1-6H3. The summed E-state index contributed by atoms with van der Waals surface area (Å²) in [5, 5.41) is 3.90. The minimum absolute atomic E-state index is 0.130. The SMILES string of the molecule is Cc1nc(-c2ccc(C(=O)N3CCN(S(=O)(=O)c4c(C)c(C)c5c(c4C)CCC(C)(C)O5)CC3)cc2)no1. The van der Waals surface area contributed by atoms with Gasteiger partial charge in [-0.25, -0.2) is 8.42 Å². The van der Waals surface area contributed by atoms with Gasteiger partial charge >= 0.3 is 0 Å². The van der Waals surface area contributed by atoms with Gasteiger partial charge in [0, 0.05) is 44.2 Å². The van der Waals surface area contributed by atoms with E-state index in [2.05, 4.69) is 24.0 Å². The molecular weight excluding hydrogens is 504 g/mol. The molecule has 1 aromatic heterocycles. The minimum atomic E-state index is -3.74. The molecule has 0 bridgehead atoms. The van der Waals surface area contributed by atoms with Crippen LogP contribution in [0.15, 0.2) is 33.7 Å². The normalized spacial score (nSPS) is 17.7. The molecule has 0 spiro atoms. The first kappa shape index (κ1) is 26.4. The topological polar surface area (TPSA) is 106 Å². The first-order valence-corrected chi connectivity index (χ1v) is 14.3. The van der Waals surface area contributed by atoms with Crippen LogP contribution >= 0.6 is 0 Å². The third-order valence-corrected chi connectivity index (χ3v) is 9.88. The second-order valence-corrected chi connectivity index (χ2v) is 12.7. The van der Waals surface area contributed by atoms with Gasteiger partial charge in [-0.1, -0.05) is 17.3 Å². The number of hydrogen-bond acceptors (Lipinski definition) is 7. The van der Waals surface area contributed by atoms with Crippen molar-refractivity contribution in [3.8, 4) is 17.1 Å². The number of piperazine rings is 1. The zero-order valence-electron chi connectivity index (χ0n) is 22.8. The number of aryl methyl sites for hydroxylation is 1. The molecule has 0 unspecified atom stereocenters. The maximum absolute atomic E-state index is 13.9. The van der Waals surface area contributed by atoms with E-state index in [0.717, 1.165) is 46.4 Å². The van der Waals surface area contributed by atoms with Gasteiger partial charge in [-0.15, -0.1) is 0 Å². The quantitative estimate of drug-likeness (QED) is 0.490. The Labute approximate surface area is 223 Å². The number of carbonyl (C=O) groups is 1. The number of amides is 1. The monoisotopic (exact) mass is 538 g/mol. The van der Waals surface area contributed by atoms with E-state index in [9.17, 15) is 13.2 Å². The summed E-state index contributed by atoms with van der Waals surface area (Å²) in [5.41, 5.74) is 4.39. The van der Waals surface area contributed by atoms with E-state index in [1.165, 1.54) is 4.31 Å². The average Bonchev–Trinajstić information content (AvgIpc) is 3.32. The molecule has 2 aromatic carbocycles. The van der Waals surface area contributed by atoms with Gasteiger partial charge in [-0.3, -0.25) is 4.79 Å². The number of rotatable bonds is 4. The van der Waals surface area contributed by atoms with Crippen molar-refractivity contribution in [3.63, 3.8) is 0 Å². The zero-order chi connectivity index (χ0) is 27.4. The van der Waals surface area contributed by atoms with E-state index in [-0.39, 0.29) is 24.6 Å². The van der Waals surface area contributed by atoms with Crippen LogP contribution in [0, 0.1) is 27.7 Å². The third-order valence-electron chi connectivity index (χ3n) is 7.71. The first-order valence-electron chi connectivity index (χ1n) is 12.9. The number of benzene rings is 2. The number of nitrogens with zero attached hydrogens (tertiary/aromatic N) is 4. The molecular formula is C28H34N4O5S. The third kappa shape index (κ3) is 4.60. The van der Waals surface area contributed by atoms with Crippen LogP contribution in [-0.4, -0.2) is 65.5 Å². The fourth-order valence-corrected chi connectivity index (χ4v) is 7.31. The minimum Gasteiger partial charge on any atom is -0.487 e. The summed E-state index contributed by atoms with van der Waals surface area (Å²) in [5.74, 6) is 1.64. The summed E-state index contributed by atoms with van der Waals surface area (Å²) in [6, 6.07) is 7.04. The molecule has 1 saturated heterocycles. The lowest BCUT2D eigenvalue weighted by molar-refractivity contribution is 0.0697. The second-order valence-electron chi connectivity index (χ2n) is 10.8. The molecule has 202 valence electrons. The van der Waals surface area contributed by atoms with E-state index in [1.54, 1.807) is 36.1 Å². The zero-order valence-corrected chi connectivity index (χ0v) is 23.6. The molecule has 0 aliphatic carbocycles.